The number of nitrogens with zero attached hydrogens (tertiary/aromatic N) is 2. The highest BCUT2D eigenvalue weighted by Gasteiger charge is 2.26. The molecular formula is C26H28N2O2. The molecule has 0 bridgehead atoms. The van der Waals surface area contributed by atoms with Gasteiger partial charge in [-0.05, 0) is 23.9 Å². The lowest BCUT2D eigenvalue weighted by Crippen LogP contribution is -2.51. The smallest absolute Gasteiger partial charge is 0.263 e. The van der Waals surface area contributed by atoms with Crippen molar-refractivity contribution in [2.45, 2.75) is 13.0 Å². The molecule has 1 amide bonds. The lowest BCUT2D eigenvalue weighted by atomic mass is 10.1. The van der Waals surface area contributed by atoms with Crippen LogP contribution in [0.25, 0.3) is 16.8 Å². The Kier molecular flexibility index (Phi) is 6.45. The van der Waals surface area contributed by atoms with Gasteiger partial charge in [0.2, 0.25) is 0 Å². The van der Waals surface area contributed by atoms with Crippen LogP contribution in [0.15, 0.2) is 78.9 Å². The van der Waals surface area contributed by atoms with Crippen molar-refractivity contribution in [1.29, 1.82) is 0 Å². The van der Waals surface area contributed by atoms with E-state index in [1.54, 1.807) is 0 Å². The lowest BCUT2D eigenvalue weighted by molar-refractivity contribution is -0.139. The van der Waals surface area contributed by atoms with Crippen molar-refractivity contribution in [3.05, 3.63) is 84.4 Å². The molecule has 1 atom stereocenters. The maximum atomic E-state index is 12.9. The standard InChI is InChI=1S/C26H28N2O2/c1-21(30-25-15-7-13-23-12-5-6-14-24(23)25)26(29)28-19-17-27(18-20-28)16-8-11-22-9-3-2-4-10-22/h2-15,21H,16-20H2,1H3/b11-8+/t21-/m1/s1. The molecule has 0 radical (unpaired) electrons. The second kappa shape index (κ2) is 9.59. The molecule has 0 aliphatic carbocycles. The van der Waals surface area contributed by atoms with Crippen molar-refractivity contribution in [1.82, 2.24) is 9.80 Å². The first-order chi connectivity index (χ1) is 14.7. The van der Waals surface area contributed by atoms with Gasteiger partial charge in [0.25, 0.3) is 5.91 Å². The molecule has 0 spiro atoms. The summed E-state index contributed by atoms with van der Waals surface area (Å²) >= 11 is 0. The second-order valence-electron chi connectivity index (χ2n) is 7.68. The van der Waals surface area contributed by atoms with Crippen LogP contribution in [-0.4, -0.2) is 54.5 Å². The zero-order valence-corrected chi connectivity index (χ0v) is 17.4. The minimum atomic E-state index is -0.500. The van der Waals surface area contributed by atoms with Gasteiger partial charge in [0.1, 0.15) is 5.75 Å². The Bertz CT molecular complexity index is 1000. The van der Waals surface area contributed by atoms with Gasteiger partial charge in [0, 0.05) is 38.1 Å². The number of piperazine rings is 1. The average molecular weight is 401 g/mol. The van der Waals surface area contributed by atoms with Crippen molar-refractivity contribution in [2.75, 3.05) is 32.7 Å². The van der Waals surface area contributed by atoms with E-state index in [4.69, 9.17) is 4.74 Å². The summed E-state index contributed by atoms with van der Waals surface area (Å²) < 4.78 is 6.07. The Morgan fingerprint density at radius 2 is 1.63 bits per heavy atom. The molecule has 1 aliphatic heterocycles. The van der Waals surface area contributed by atoms with Gasteiger partial charge in [-0.2, -0.15) is 0 Å². The highest BCUT2D eigenvalue weighted by Crippen LogP contribution is 2.26. The van der Waals surface area contributed by atoms with Crippen molar-refractivity contribution in [2.24, 2.45) is 0 Å². The molecule has 30 heavy (non-hydrogen) atoms. The minimum Gasteiger partial charge on any atom is -0.480 e. The zero-order chi connectivity index (χ0) is 20.8. The van der Waals surface area contributed by atoms with Crippen LogP contribution in [0.1, 0.15) is 12.5 Å². The summed E-state index contributed by atoms with van der Waals surface area (Å²) in [6.45, 7) is 5.98. The molecule has 4 heteroatoms. The Balaban J connectivity index is 1.29. The predicted octanol–water partition coefficient (Wildman–Crippen LogP) is 4.46. The molecule has 1 fully saturated rings. The number of carbonyl (C=O) groups excluding carboxylic acids is 1. The molecular weight excluding hydrogens is 372 g/mol. The van der Waals surface area contributed by atoms with Crippen molar-refractivity contribution >= 4 is 22.8 Å². The van der Waals surface area contributed by atoms with Crippen LogP contribution in [0.2, 0.25) is 0 Å². The third-order valence-corrected chi connectivity index (χ3v) is 5.56. The molecule has 4 nitrogen and oxygen atoms in total. The third kappa shape index (κ3) is 4.89. The fourth-order valence-electron chi connectivity index (χ4n) is 3.85. The summed E-state index contributed by atoms with van der Waals surface area (Å²) in [6, 6.07) is 24.4. The van der Waals surface area contributed by atoms with E-state index in [-0.39, 0.29) is 5.91 Å². The first kappa shape index (κ1) is 20.2. The zero-order valence-electron chi connectivity index (χ0n) is 17.4. The van der Waals surface area contributed by atoms with Crippen molar-refractivity contribution in [3.8, 4) is 5.75 Å². The first-order valence-electron chi connectivity index (χ1n) is 10.6. The van der Waals surface area contributed by atoms with Crippen molar-refractivity contribution < 1.29 is 9.53 Å². The Hall–Kier alpha value is -3.11. The number of benzene rings is 3. The Labute approximate surface area is 178 Å². The van der Waals surface area contributed by atoms with E-state index < -0.39 is 6.10 Å². The molecule has 4 rings (SSSR count). The van der Waals surface area contributed by atoms with Crippen LogP contribution in [0, 0.1) is 0 Å². The molecule has 1 saturated heterocycles. The summed E-state index contributed by atoms with van der Waals surface area (Å²) in [5, 5.41) is 2.15. The number of hydrogen-bond acceptors (Lipinski definition) is 3. The fourth-order valence-corrected chi connectivity index (χ4v) is 3.85. The van der Waals surface area contributed by atoms with Gasteiger partial charge < -0.3 is 9.64 Å². The minimum absolute atomic E-state index is 0.0578. The highest BCUT2D eigenvalue weighted by molar-refractivity contribution is 5.89. The molecule has 0 N–H and O–H groups in total. The number of rotatable bonds is 6. The fraction of sp³-hybridized carbons (Fsp3) is 0.269. The summed E-state index contributed by atoms with van der Waals surface area (Å²) in [4.78, 5) is 17.2. The van der Waals surface area contributed by atoms with E-state index >= 15 is 0 Å². The highest BCUT2D eigenvalue weighted by atomic mass is 16.5. The molecule has 1 aliphatic rings. The van der Waals surface area contributed by atoms with Gasteiger partial charge in [-0.3, -0.25) is 9.69 Å². The lowest BCUT2D eigenvalue weighted by Gasteiger charge is -2.35. The van der Waals surface area contributed by atoms with Crippen molar-refractivity contribution in [3.63, 3.8) is 0 Å². The maximum absolute atomic E-state index is 12.9. The van der Waals surface area contributed by atoms with Crippen LogP contribution in [0.3, 0.4) is 0 Å². The van der Waals surface area contributed by atoms with E-state index in [9.17, 15) is 4.79 Å². The van der Waals surface area contributed by atoms with Gasteiger partial charge in [0.15, 0.2) is 6.10 Å². The third-order valence-electron chi connectivity index (χ3n) is 5.56. The summed E-state index contributed by atoms with van der Waals surface area (Å²) in [5.41, 5.74) is 1.21. The molecule has 0 unspecified atom stereocenters. The quantitative estimate of drug-likeness (QED) is 0.612. The molecule has 3 aromatic rings. The van der Waals surface area contributed by atoms with Crippen LogP contribution < -0.4 is 4.74 Å². The van der Waals surface area contributed by atoms with E-state index in [2.05, 4.69) is 41.3 Å². The van der Waals surface area contributed by atoms with Gasteiger partial charge >= 0.3 is 0 Å². The summed E-state index contributed by atoms with van der Waals surface area (Å²) in [7, 11) is 0. The molecule has 0 saturated carbocycles. The van der Waals surface area contributed by atoms with Gasteiger partial charge in [-0.1, -0.05) is 78.9 Å². The van der Waals surface area contributed by atoms with E-state index in [1.165, 1.54) is 5.56 Å². The number of amides is 1. The summed E-state index contributed by atoms with van der Waals surface area (Å²) in [6.07, 6.45) is 3.84. The first-order valence-corrected chi connectivity index (χ1v) is 10.6. The van der Waals surface area contributed by atoms with Gasteiger partial charge in [-0.15, -0.1) is 0 Å². The largest absolute Gasteiger partial charge is 0.480 e. The molecule has 3 aromatic carbocycles. The monoisotopic (exact) mass is 400 g/mol. The van der Waals surface area contributed by atoms with Crippen LogP contribution >= 0.6 is 0 Å². The molecule has 0 aromatic heterocycles. The Morgan fingerprint density at radius 3 is 2.43 bits per heavy atom. The maximum Gasteiger partial charge on any atom is 0.263 e. The Morgan fingerprint density at radius 1 is 0.933 bits per heavy atom. The number of ether oxygens (including phenoxy) is 1. The van der Waals surface area contributed by atoms with E-state index in [1.807, 2.05) is 60.4 Å². The second-order valence-corrected chi connectivity index (χ2v) is 7.68. The normalized spacial score (nSPS) is 16.1. The average Bonchev–Trinajstić information content (AvgIpc) is 2.80. The van der Waals surface area contributed by atoms with Crippen LogP contribution in [0.4, 0.5) is 0 Å². The molecule has 154 valence electrons. The number of hydrogen-bond donors (Lipinski definition) is 0. The van der Waals surface area contributed by atoms with E-state index in [0.717, 1.165) is 49.2 Å². The van der Waals surface area contributed by atoms with Gasteiger partial charge in [-0.25, -0.2) is 0 Å². The molecule has 1 heterocycles. The SMILES string of the molecule is C[C@@H](Oc1cccc2ccccc12)C(=O)N1CCN(C/C=C/c2ccccc2)CC1. The van der Waals surface area contributed by atoms with E-state index in [0.29, 0.717) is 0 Å². The van der Waals surface area contributed by atoms with Crippen LogP contribution in [-0.2, 0) is 4.79 Å². The van der Waals surface area contributed by atoms with Gasteiger partial charge in [0.05, 0.1) is 0 Å². The predicted molar refractivity (Wildman–Crippen MR) is 123 cm³/mol. The topological polar surface area (TPSA) is 32.8 Å². The summed E-state index contributed by atoms with van der Waals surface area (Å²) in [5.74, 6) is 0.820. The number of fused-ring (bicyclic) bond motifs is 1. The number of carbonyl (C=O) groups is 1. The van der Waals surface area contributed by atoms with Crippen LogP contribution in [0.5, 0.6) is 5.75 Å².